The Labute approximate surface area is 198 Å². The smallest absolute Gasteiger partial charge is 0.410 e. The molecule has 7 heteroatoms. The van der Waals surface area contributed by atoms with Crippen LogP contribution in [0.4, 0.5) is 16.2 Å². The maximum Gasteiger partial charge on any atom is 0.410 e. The molecule has 0 spiro atoms. The molecule has 0 bridgehead atoms. The van der Waals surface area contributed by atoms with Crippen LogP contribution in [0.2, 0.25) is 5.02 Å². The average Bonchev–Trinajstić information content (AvgIpc) is 2.96. The van der Waals surface area contributed by atoms with E-state index in [1.807, 2.05) is 60.7 Å². The molecular formula is C26H26ClN3O3. The van der Waals surface area contributed by atoms with Crippen LogP contribution in [0.15, 0.2) is 78.9 Å². The Morgan fingerprint density at radius 2 is 1.64 bits per heavy atom. The van der Waals surface area contributed by atoms with Crippen molar-refractivity contribution in [1.82, 2.24) is 5.32 Å². The van der Waals surface area contributed by atoms with Gasteiger partial charge in [0.25, 0.3) is 5.91 Å². The number of carbonyl (C=O) groups excluding carboxylic acids is 2. The number of amides is 2. The van der Waals surface area contributed by atoms with Crippen molar-refractivity contribution in [3.05, 3.63) is 95.0 Å². The number of carbonyl (C=O) groups is 2. The van der Waals surface area contributed by atoms with Crippen molar-refractivity contribution in [2.24, 2.45) is 0 Å². The number of alkyl carbamates (subject to hydrolysis) is 1. The number of nitrogens with one attached hydrogen (secondary N) is 2. The molecule has 1 heterocycles. The second kappa shape index (κ2) is 8.79. The lowest BCUT2D eigenvalue weighted by molar-refractivity contribution is -0.123. The number of halogens is 1. The Morgan fingerprint density at radius 3 is 2.27 bits per heavy atom. The molecule has 2 N–H and O–H groups in total. The summed E-state index contributed by atoms with van der Waals surface area (Å²) in [6, 6.07) is 24.1. The predicted octanol–water partition coefficient (Wildman–Crippen LogP) is 5.68. The quantitative estimate of drug-likeness (QED) is 0.478. The van der Waals surface area contributed by atoms with Crippen LogP contribution in [-0.2, 0) is 21.7 Å². The SMILES string of the molecule is CC(C)(C)OC(=O)N[C@@]1(Nc2ccccc2)C(=O)N(Cc2ccccc2)c2cc(Cl)ccc21. The summed E-state index contributed by atoms with van der Waals surface area (Å²) in [6.07, 6.45) is -0.707. The third-order valence-electron chi connectivity index (χ3n) is 5.20. The molecular weight excluding hydrogens is 438 g/mol. The number of anilines is 2. The van der Waals surface area contributed by atoms with Crippen LogP contribution >= 0.6 is 11.6 Å². The lowest BCUT2D eigenvalue weighted by Gasteiger charge is -2.33. The molecule has 3 aromatic rings. The first-order valence-electron chi connectivity index (χ1n) is 10.7. The van der Waals surface area contributed by atoms with Crippen LogP contribution in [0.3, 0.4) is 0 Å². The fourth-order valence-corrected chi connectivity index (χ4v) is 4.03. The number of hydrogen-bond acceptors (Lipinski definition) is 4. The maximum absolute atomic E-state index is 14.1. The van der Waals surface area contributed by atoms with Crippen molar-refractivity contribution in [1.29, 1.82) is 0 Å². The molecule has 2 amide bonds. The number of nitrogens with zero attached hydrogens (tertiary/aromatic N) is 1. The summed E-state index contributed by atoms with van der Waals surface area (Å²) in [7, 11) is 0. The van der Waals surface area contributed by atoms with Gasteiger partial charge in [0.15, 0.2) is 0 Å². The van der Waals surface area contributed by atoms with Gasteiger partial charge in [0.1, 0.15) is 5.60 Å². The third kappa shape index (κ3) is 4.81. The van der Waals surface area contributed by atoms with Gasteiger partial charge in [-0.1, -0.05) is 66.2 Å². The van der Waals surface area contributed by atoms with E-state index < -0.39 is 17.4 Å². The van der Waals surface area contributed by atoms with Crippen LogP contribution in [-0.4, -0.2) is 17.6 Å². The van der Waals surface area contributed by atoms with Gasteiger partial charge in [0.05, 0.1) is 12.2 Å². The molecule has 3 aromatic carbocycles. The Hall–Kier alpha value is -3.51. The van der Waals surface area contributed by atoms with Gasteiger partial charge in [-0.2, -0.15) is 0 Å². The lowest BCUT2D eigenvalue weighted by Crippen LogP contribution is -2.58. The van der Waals surface area contributed by atoms with Gasteiger partial charge in [0, 0.05) is 16.3 Å². The zero-order chi connectivity index (χ0) is 23.6. The first kappa shape index (κ1) is 22.7. The molecule has 0 aliphatic carbocycles. The van der Waals surface area contributed by atoms with Gasteiger partial charge in [-0.15, -0.1) is 0 Å². The summed E-state index contributed by atoms with van der Waals surface area (Å²) in [4.78, 5) is 28.6. The van der Waals surface area contributed by atoms with E-state index in [4.69, 9.17) is 16.3 Å². The number of rotatable bonds is 5. The molecule has 0 saturated heterocycles. The number of hydrogen-bond donors (Lipinski definition) is 2. The van der Waals surface area contributed by atoms with E-state index in [1.54, 1.807) is 43.9 Å². The highest BCUT2D eigenvalue weighted by atomic mass is 35.5. The van der Waals surface area contributed by atoms with E-state index in [9.17, 15) is 9.59 Å². The van der Waals surface area contributed by atoms with Gasteiger partial charge in [-0.25, -0.2) is 4.79 Å². The monoisotopic (exact) mass is 463 g/mol. The van der Waals surface area contributed by atoms with Gasteiger partial charge in [-0.05, 0) is 50.6 Å². The Morgan fingerprint density at radius 1 is 1.00 bits per heavy atom. The normalized spacial score (nSPS) is 17.5. The van der Waals surface area contributed by atoms with Crippen LogP contribution in [0, 0.1) is 0 Å². The Bertz CT molecular complexity index is 1160. The molecule has 1 aliphatic rings. The molecule has 0 unspecified atom stereocenters. The molecule has 0 saturated carbocycles. The molecule has 0 aromatic heterocycles. The third-order valence-corrected chi connectivity index (χ3v) is 5.43. The molecule has 170 valence electrons. The number of ether oxygens (including phenoxy) is 1. The van der Waals surface area contributed by atoms with Gasteiger partial charge >= 0.3 is 6.09 Å². The summed E-state index contributed by atoms with van der Waals surface area (Å²) < 4.78 is 5.52. The van der Waals surface area contributed by atoms with E-state index in [1.165, 1.54) is 0 Å². The second-order valence-corrected chi connectivity index (χ2v) is 9.34. The second-order valence-electron chi connectivity index (χ2n) is 8.91. The molecule has 1 aliphatic heterocycles. The van der Waals surface area contributed by atoms with E-state index in [-0.39, 0.29) is 5.91 Å². The largest absolute Gasteiger partial charge is 0.444 e. The first-order chi connectivity index (χ1) is 15.7. The van der Waals surface area contributed by atoms with Crippen LogP contribution in [0.5, 0.6) is 0 Å². The fraction of sp³-hybridized carbons (Fsp3) is 0.231. The summed E-state index contributed by atoms with van der Waals surface area (Å²) >= 11 is 6.32. The number of benzene rings is 3. The highest BCUT2D eigenvalue weighted by Gasteiger charge is 2.53. The van der Waals surface area contributed by atoms with Crippen molar-refractivity contribution in [2.75, 3.05) is 10.2 Å². The lowest BCUT2D eigenvalue weighted by atomic mass is 10.00. The van der Waals surface area contributed by atoms with Gasteiger partial charge < -0.3 is 15.0 Å². The van der Waals surface area contributed by atoms with Gasteiger partial charge in [-0.3, -0.25) is 10.1 Å². The van der Waals surface area contributed by atoms with E-state index in [2.05, 4.69) is 10.6 Å². The molecule has 4 rings (SSSR count). The highest BCUT2D eigenvalue weighted by Crippen LogP contribution is 2.43. The Kier molecular flexibility index (Phi) is 6.04. The standard InChI is InChI=1S/C26H26ClN3O3/c1-25(2,3)33-24(32)29-26(28-20-12-8-5-9-13-20)21-15-14-19(27)16-22(21)30(23(26)31)17-18-10-6-4-7-11-18/h4-16,28H,17H2,1-3H3,(H,29,32)/t26-/m1/s1. The average molecular weight is 464 g/mol. The van der Waals surface area contributed by atoms with Crippen molar-refractivity contribution in [3.8, 4) is 0 Å². The highest BCUT2D eigenvalue weighted by molar-refractivity contribution is 6.31. The first-order valence-corrected chi connectivity index (χ1v) is 11.1. The van der Waals surface area contributed by atoms with Crippen molar-refractivity contribution in [2.45, 2.75) is 38.6 Å². The molecule has 0 fully saturated rings. The number of para-hydroxylation sites is 1. The summed E-state index contributed by atoms with van der Waals surface area (Å²) in [6.45, 7) is 5.64. The summed E-state index contributed by atoms with van der Waals surface area (Å²) in [5, 5.41) is 6.59. The zero-order valence-corrected chi connectivity index (χ0v) is 19.5. The van der Waals surface area contributed by atoms with Crippen molar-refractivity contribution in [3.63, 3.8) is 0 Å². The van der Waals surface area contributed by atoms with Gasteiger partial charge in [0.2, 0.25) is 5.66 Å². The van der Waals surface area contributed by atoms with E-state index >= 15 is 0 Å². The number of fused-ring (bicyclic) bond motifs is 1. The molecule has 1 atom stereocenters. The molecule has 33 heavy (non-hydrogen) atoms. The minimum absolute atomic E-state index is 0.321. The van der Waals surface area contributed by atoms with Crippen LogP contribution in [0.25, 0.3) is 0 Å². The minimum Gasteiger partial charge on any atom is -0.444 e. The summed E-state index contributed by atoms with van der Waals surface area (Å²) in [5.74, 6) is -0.335. The van der Waals surface area contributed by atoms with Crippen LogP contribution < -0.4 is 15.5 Å². The van der Waals surface area contributed by atoms with E-state index in [0.29, 0.717) is 28.5 Å². The predicted molar refractivity (Wildman–Crippen MR) is 130 cm³/mol. The fourth-order valence-electron chi connectivity index (χ4n) is 3.86. The summed E-state index contributed by atoms with van der Waals surface area (Å²) in [5.41, 5.74) is 0.525. The maximum atomic E-state index is 14.1. The van der Waals surface area contributed by atoms with Crippen molar-refractivity contribution < 1.29 is 14.3 Å². The zero-order valence-electron chi connectivity index (χ0n) is 18.8. The van der Waals surface area contributed by atoms with Crippen molar-refractivity contribution >= 4 is 35.0 Å². The molecule has 0 radical (unpaired) electrons. The Balaban J connectivity index is 1.82. The van der Waals surface area contributed by atoms with E-state index in [0.717, 1.165) is 5.56 Å². The topological polar surface area (TPSA) is 70.7 Å². The van der Waals surface area contributed by atoms with Crippen LogP contribution in [0.1, 0.15) is 31.9 Å². The minimum atomic E-state index is -1.57. The molecule has 6 nitrogen and oxygen atoms in total.